The first-order valence-corrected chi connectivity index (χ1v) is 7.15. The molecule has 19 heavy (non-hydrogen) atoms. The summed E-state index contributed by atoms with van der Waals surface area (Å²) in [6.45, 7) is 0. The fraction of sp³-hybridized carbons (Fsp3) is 0.357. The van der Waals surface area contributed by atoms with Crippen LogP contribution in [0.25, 0.3) is 11.5 Å². The van der Waals surface area contributed by atoms with Crippen molar-refractivity contribution in [1.82, 2.24) is 15.0 Å². The third-order valence-corrected chi connectivity index (χ3v) is 3.96. The molecular weight excluding hydrogens is 281 g/mol. The van der Waals surface area contributed by atoms with Gasteiger partial charge in [-0.25, -0.2) is 9.97 Å². The Morgan fingerprint density at radius 2 is 1.89 bits per heavy atom. The Labute approximate surface area is 122 Å². The van der Waals surface area contributed by atoms with Crippen molar-refractivity contribution < 1.29 is 0 Å². The molecule has 0 saturated heterocycles. The predicted octanol–water partition coefficient (Wildman–Crippen LogP) is 4.50. The molecule has 5 heteroatoms. The Balaban J connectivity index is 2.04. The normalized spacial score (nSPS) is 15.9. The lowest BCUT2D eigenvalue weighted by Gasteiger charge is -2.10. The van der Waals surface area contributed by atoms with E-state index in [0.717, 1.165) is 5.69 Å². The van der Waals surface area contributed by atoms with Crippen molar-refractivity contribution in [2.24, 2.45) is 0 Å². The van der Waals surface area contributed by atoms with Crippen molar-refractivity contribution >= 4 is 23.2 Å². The first kappa shape index (κ1) is 12.8. The van der Waals surface area contributed by atoms with Gasteiger partial charge in [-0.05, 0) is 31.0 Å². The summed E-state index contributed by atoms with van der Waals surface area (Å²) in [5.41, 5.74) is 1.60. The number of hydrogen-bond donors (Lipinski definition) is 0. The third-order valence-electron chi connectivity index (χ3n) is 3.46. The molecule has 1 fully saturated rings. The van der Waals surface area contributed by atoms with Crippen LogP contribution in [-0.4, -0.2) is 15.0 Å². The molecule has 1 saturated carbocycles. The van der Waals surface area contributed by atoms with E-state index in [1.54, 1.807) is 18.3 Å². The highest BCUT2D eigenvalue weighted by Gasteiger charge is 2.20. The first-order valence-electron chi connectivity index (χ1n) is 6.39. The van der Waals surface area contributed by atoms with Crippen molar-refractivity contribution in [3.63, 3.8) is 0 Å². The van der Waals surface area contributed by atoms with Crippen molar-refractivity contribution in [3.8, 4) is 11.5 Å². The van der Waals surface area contributed by atoms with Crippen molar-refractivity contribution in [3.05, 3.63) is 40.3 Å². The Morgan fingerprint density at radius 3 is 2.63 bits per heavy atom. The topological polar surface area (TPSA) is 38.7 Å². The summed E-state index contributed by atoms with van der Waals surface area (Å²) in [4.78, 5) is 13.1. The second kappa shape index (κ2) is 5.43. The number of rotatable bonds is 2. The summed E-state index contributed by atoms with van der Waals surface area (Å²) in [5, 5.41) is 0.996. The van der Waals surface area contributed by atoms with Gasteiger partial charge in [-0.3, -0.25) is 4.98 Å². The largest absolute Gasteiger partial charge is 0.251 e. The number of aromatic nitrogens is 3. The van der Waals surface area contributed by atoms with Gasteiger partial charge in [-0.15, -0.1) is 0 Å². The number of hydrogen-bond acceptors (Lipinski definition) is 3. The van der Waals surface area contributed by atoms with E-state index in [-0.39, 0.29) is 0 Å². The van der Waals surface area contributed by atoms with E-state index in [1.165, 1.54) is 25.7 Å². The van der Waals surface area contributed by atoms with Crippen LogP contribution in [-0.2, 0) is 0 Å². The molecule has 98 valence electrons. The van der Waals surface area contributed by atoms with Crippen LogP contribution in [0, 0.1) is 0 Å². The average Bonchev–Trinajstić information content (AvgIpc) is 2.92. The highest BCUT2D eigenvalue weighted by molar-refractivity contribution is 6.33. The average molecular weight is 294 g/mol. The van der Waals surface area contributed by atoms with Gasteiger partial charge in [0, 0.05) is 17.8 Å². The number of halogens is 2. The molecule has 0 unspecified atom stereocenters. The lowest BCUT2D eigenvalue weighted by Crippen LogP contribution is -2.01. The maximum Gasteiger partial charge on any atom is 0.181 e. The van der Waals surface area contributed by atoms with Gasteiger partial charge in [-0.1, -0.05) is 36.0 Å². The van der Waals surface area contributed by atoms with Crippen LogP contribution in [0.4, 0.5) is 0 Å². The maximum atomic E-state index is 6.14. The molecule has 0 aliphatic heterocycles. The van der Waals surface area contributed by atoms with Gasteiger partial charge in [0.15, 0.2) is 5.82 Å². The highest BCUT2D eigenvalue weighted by atomic mass is 35.5. The van der Waals surface area contributed by atoms with E-state index in [0.29, 0.717) is 27.6 Å². The summed E-state index contributed by atoms with van der Waals surface area (Å²) in [5.74, 6) is 1.00. The van der Waals surface area contributed by atoms with Gasteiger partial charge in [0.05, 0.1) is 5.02 Å². The fourth-order valence-electron chi connectivity index (χ4n) is 2.52. The lowest BCUT2D eigenvalue weighted by molar-refractivity contribution is 0.695. The quantitative estimate of drug-likeness (QED) is 0.765. The van der Waals surface area contributed by atoms with Crippen LogP contribution in [0.5, 0.6) is 0 Å². The smallest absolute Gasteiger partial charge is 0.181 e. The lowest BCUT2D eigenvalue weighted by atomic mass is 10.0. The minimum absolute atomic E-state index is 0.452. The molecule has 0 aromatic carbocycles. The van der Waals surface area contributed by atoms with Gasteiger partial charge < -0.3 is 0 Å². The molecule has 0 amide bonds. The maximum absolute atomic E-state index is 6.14. The molecule has 1 aliphatic rings. The van der Waals surface area contributed by atoms with E-state index < -0.39 is 0 Å². The van der Waals surface area contributed by atoms with Crippen LogP contribution < -0.4 is 0 Å². The van der Waals surface area contributed by atoms with Crippen LogP contribution >= 0.6 is 23.2 Å². The van der Waals surface area contributed by atoms with E-state index in [4.69, 9.17) is 23.2 Å². The van der Waals surface area contributed by atoms with Crippen molar-refractivity contribution in [2.75, 3.05) is 0 Å². The zero-order valence-corrected chi connectivity index (χ0v) is 11.8. The van der Waals surface area contributed by atoms with Crippen LogP contribution in [0.2, 0.25) is 10.2 Å². The van der Waals surface area contributed by atoms with Gasteiger partial charge in [0.25, 0.3) is 0 Å². The monoisotopic (exact) mass is 293 g/mol. The SMILES string of the molecule is Clc1cc(C2CCCC2)nc(-c2ncccc2Cl)n1. The minimum atomic E-state index is 0.452. The Bertz CT molecular complexity index is 595. The van der Waals surface area contributed by atoms with Crippen molar-refractivity contribution in [2.45, 2.75) is 31.6 Å². The molecule has 1 aliphatic carbocycles. The molecular formula is C14H13Cl2N3. The van der Waals surface area contributed by atoms with Crippen molar-refractivity contribution in [1.29, 1.82) is 0 Å². The summed E-state index contributed by atoms with van der Waals surface area (Å²) >= 11 is 12.2. The Morgan fingerprint density at radius 1 is 1.11 bits per heavy atom. The molecule has 2 aromatic rings. The number of nitrogens with zero attached hydrogens (tertiary/aromatic N) is 3. The Kier molecular flexibility index (Phi) is 3.67. The van der Waals surface area contributed by atoms with E-state index in [9.17, 15) is 0 Å². The van der Waals surface area contributed by atoms with Gasteiger partial charge in [0.1, 0.15) is 10.8 Å². The Hall–Kier alpha value is -1.19. The summed E-state index contributed by atoms with van der Waals surface area (Å²) in [7, 11) is 0. The van der Waals surface area contributed by atoms with Gasteiger partial charge in [-0.2, -0.15) is 0 Å². The van der Waals surface area contributed by atoms with E-state index in [1.807, 2.05) is 6.07 Å². The molecule has 2 heterocycles. The molecule has 0 bridgehead atoms. The second-order valence-corrected chi connectivity index (χ2v) is 5.55. The minimum Gasteiger partial charge on any atom is -0.251 e. The van der Waals surface area contributed by atoms with Crippen LogP contribution in [0.1, 0.15) is 37.3 Å². The van der Waals surface area contributed by atoms with Gasteiger partial charge >= 0.3 is 0 Å². The summed E-state index contributed by atoms with van der Waals surface area (Å²) < 4.78 is 0. The molecule has 3 rings (SSSR count). The molecule has 0 N–H and O–H groups in total. The summed E-state index contributed by atoms with van der Waals surface area (Å²) in [6, 6.07) is 5.43. The molecule has 0 spiro atoms. The second-order valence-electron chi connectivity index (χ2n) is 4.75. The van der Waals surface area contributed by atoms with Crippen LogP contribution in [0.3, 0.4) is 0 Å². The zero-order valence-electron chi connectivity index (χ0n) is 10.3. The molecule has 2 aromatic heterocycles. The molecule has 0 atom stereocenters. The predicted molar refractivity (Wildman–Crippen MR) is 76.5 cm³/mol. The third kappa shape index (κ3) is 2.72. The standard InChI is InChI=1S/C14H13Cl2N3/c15-10-6-3-7-17-13(10)14-18-11(8-12(16)19-14)9-4-1-2-5-9/h3,6-9H,1-2,4-5H2. The highest BCUT2D eigenvalue weighted by Crippen LogP contribution is 2.35. The van der Waals surface area contributed by atoms with Gasteiger partial charge in [0.2, 0.25) is 0 Å². The zero-order chi connectivity index (χ0) is 13.2. The first-order chi connectivity index (χ1) is 9.24. The molecule has 0 radical (unpaired) electrons. The summed E-state index contributed by atoms with van der Waals surface area (Å²) in [6.07, 6.45) is 6.53. The van der Waals surface area contributed by atoms with E-state index in [2.05, 4.69) is 15.0 Å². The number of pyridine rings is 1. The van der Waals surface area contributed by atoms with Crippen LogP contribution in [0.15, 0.2) is 24.4 Å². The van der Waals surface area contributed by atoms with E-state index >= 15 is 0 Å². The molecule has 3 nitrogen and oxygen atoms in total. The fourth-order valence-corrected chi connectivity index (χ4v) is 2.92.